The molecule has 1 atom stereocenters. The average Bonchev–Trinajstić information content (AvgIpc) is 3.05. The van der Waals surface area contributed by atoms with Crippen LogP contribution in [0.3, 0.4) is 0 Å². The van der Waals surface area contributed by atoms with Crippen molar-refractivity contribution in [1.82, 2.24) is 14.8 Å². The van der Waals surface area contributed by atoms with Crippen LogP contribution in [-0.2, 0) is 0 Å². The van der Waals surface area contributed by atoms with Gasteiger partial charge in [-0.05, 0) is 80.9 Å². The molecule has 0 N–H and O–H groups in total. The molecule has 2 aromatic heterocycles. The van der Waals surface area contributed by atoms with Crippen molar-refractivity contribution in [3.8, 4) is 0 Å². The monoisotopic (exact) mass is 419 g/mol. The van der Waals surface area contributed by atoms with Gasteiger partial charge in [-0.1, -0.05) is 13.8 Å². The highest BCUT2D eigenvalue weighted by atomic mass is 16.3. The van der Waals surface area contributed by atoms with E-state index in [1.807, 2.05) is 38.1 Å². The van der Waals surface area contributed by atoms with Gasteiger partial charge < -0.3 is 14.2 Å². The Morgan fingerprint density at radius 3 is 2.42 bits per heavy atom. The summed E-state index contributed by atoms with van der Waals surface area (Å²) < 4.78 is 6.07. The largest absolute Gasteiger partial charge is 0.450 e. The highest BCUT2D eigenvalue weighted by Gasteiger charge is 2.42. The van der Waals surface area contributed by atoms with E-state index < -0.39 is 6.04 Å². The molecule has 0 spiro atoms. The quantitative estimate of drug-likeness (QED) is 0.577. The minimum atomic E-state index is -0.454. The van der Waals surface area contributed by atoms with E-state index in [1.54, 1.807) is 17.3 Å². The summed E-state index contributed by atoms with van der Waals surface area (Å²) in [5.41, 5.74) is 3.72. The fourth-order valence-electron chi connectivity index (χ4n) is 4.40. The number of nitrogens with zero attached hydrogens (tertiary/aromatic N) is 3. The molecule has 0 saturated heterocycles. The Kier molecular flexibility index (Phi) is 5.92. The number of carbonyl (C=O) groups is 1. The van der Waals surface area contributed by atoms with Crippen molar-refractivity contribution >= 4 is 16.9 Å². The summed E-state index contributed by atoms with van der Waals surface area (Å²) in [6.45, 7) is 11.6. The molecule has 4 rings (SSSR count). The molecule has 6 nitrogen and oxygen atoms in total. The van der Waals surface area contributed by atoms with Crippen LogP contribution in [0.4, 0.5) is 0 Å². The minimum absolute atomic E-state index is 0.124. The van der Waals surface area contributed by atoms with Crippen LogP contribution >= 0.6 is 0 Å². The summed E-state index contributed by atoms with van der Waals surface area (Å²) in [6.07, 6.45) is 4.22. The minimum Gasteiger partial charge on any atom is -0.450 e. The topological polar surface area (TPSA) is 66.7 Å². The van der Waals surface area contributed by atoms with Gasteiger partial charge in [0.05, 0.1) is 17.0 Å². The fraction of sp³-hybridized carbons (Fsp3) is 0.400. The summed E-state index contributed by atoms with van der Waals surface area (Å²) >= 11 is 0. The molecule has 3 heterocycles. The number of carbonyl (C=O) groups excluding carboxylic acids is 1. The Balaban J connectivity index is 1.81. The predicted octanol–water partition coefficient (Wildman–Crippen LogP) is 4.08. The molecule has 1 aliphatic rings. The number of amides is 1. The van der Waals surface area contributed by atoms with Crippen LogP contribution in [0.2, 0.25) is 0 Å². The van der Waals surface area contributed by atoms with E-state index in [0.717, 1.165) is 42.7 Å². The maximum Gasteiger partial charge on any atom is 0.290 e. The van der Waals surface area contributed by atoms with Crippen LogP contribution in [0.5, 0.6) is 0 Å². The molecular formula is C25H29N3O3. The standard InChI is InChI=1S/C25H29N3O3/c1-5-27(6-2)12-7-13-28-22(18-8-10-26-11-9-18)21-23(29)19-14-16(3)17(4)15-20(19)31-24(21)25(28)30/h8-11,14-15,22H,5-7,12-13H2,1-4H3. The third kappa shape index (κ3) is 3.76. The molecule has 1 aromatic carbocycles. The van der Waals surface area contributed by atoms with Crippen LogP contribution in [0.15, 0.2) is 45.9 Å². The van der Waals surface area contributed by atoms with E-state index >= 15 is 0 Å². The molecule has 162 valence electrons. The molecule has 0 aliphatic carbocycles. The molecule has 0 radical (unpaired) electrons. The zero-order valence-corrected chi connectivity index (χ0v) is 18.6. The van der Waals surface area contributed by atoms with Gasteiger partial charge in [-0.15, -0.1) is 0 Å². The Morgan fingerprint density at radius 1 is 1.06 bits per heavy atom. The van der Waals surface area contributed by atoms with Gasteiger partial charge in [0.2, 0.25) is 5.76 Å². The molecule has 1 unspecified atom stereocenters. The first-order chi connectivity index (χ1) is 15.0. The molecule has 3 aromatic rings. The second kappa shape index (κ2) is 8.63. The maximum absolute atomic E-state index is 13.6. The number of fused-ring (bicyclic) bond motifs is 2. The normalized spacial score (nSPS) is 15.8. The zero-order valence-electron chi connectivity index (χ0n) is 18.6. The molecule has 0 saturated carbocycles. The molecular weight excluding hydrogens is 390 g/mol. The number of benzene rings is 1. The van der Waals surface area contributed by atoms with Gasteiger partial charge in [0.1, 0.15) is 5.58 Å². The van der Waals surface area contributed by atoms with Crippen molar-refractivity contribution in [2.45, 2.75) is 40.2 Å². The van der Waals surface area contributed by atoms with Gasteiger partial charge in [-0.2, -0.15) is 0 Å². The second-order valence-electron chi connectivity index (χ2n) is 8.17. The molecule has 0 bridgehead atoms. The number of rotatable bonds is 7. The van der Waals surface area contributed by atoms with Crippen LogP contribution in [0.25, 0.3) is 11.0 Å². The lowest BCUT2D eigenvalue weighted by Gasteiger charge is -2.26. The lowest BCUT2D eigenvalue weighted by atomic mass is 9.98. The first-order valence-corrected chi connectivity index (χ1v) is 11.0. The second-order valence-corrected chi connectivity index (χ2v) is 8.17. The lowest BCUT2D eigenvalue weighted by molar-refractivity contribution is 0.0720. The van der Waals surface area contributed by atoms with Gasteiger partial charge >= 0.3 is 0 Å². The lowest BCUT2D eigenvalue weighted by Crippen LogP contribution is -2.33. The number of hydrogen-bond donors (Lipinski definition) is 0. The van der Waals surface area contributed by atoms with E-state index in [9.17, 15) is 9.59 Å². The van der Waals surface area contributed by atoms with Crippen LogP contribution in [0.1, 0.15) is 59.1 Å². The number of pyridine rings is 1. The van der Waals surface area contributed by atoms with Crippen molar-refractivity contribution < 1.29 is 9.21 Å². The third-order valence-electron chi connectivity index (χ3n) is 6.37. The maximum atomic E-state index is 13.6. The van der Waals surface area contributed by atoms with E-state index in [1.165, 1.54) is 0 Å². The van der Waals surface area contributed by atoms with Crippen molar-refractivity contribution in [1.29, 1.82) is 0 Å². The van der Waals surface area contributed by atoms with E-state index in [0.29, 0.717) is 23.1 Å². The highest BCUT2D eigenvalue weighted by Crippen LogP contribution is 2.38. The van der Waals surface area contributed by atoms with Gasteiger partial charge in [0.25, 0.3) is 5.91 Å². The number of aromatic nitrogens is 1. The first kappa shape index (κ1) is 21.2. The van der Waals surface area contributed by atoms with E-state index in [-0.39, 0.29) is 17.1 Å². The summed E-state index contributed by atoms with van der Waals surface area (Å²) in [4.78, 5) is 35.2. The van der Waals surface area contributed by atoms with E-state index in [2.05, 4.69) is 23.7 Å². The van der Waals surface area contributed by atoms with Crippen LogP contribution < -0.4 is 5.43 Å². The van der Waals surface area contributed by atoms with Gasteiger partial charge in [-0.3, -0.25) is 14.6 Å². The Morgan fingerprint density at radius 2 is 1.74 bits per heavy atom. The van der Waals surface area contributed by atoms with Gasteiger partial charge in [0, 0.05) is 18.9 Å². The van der Waals surface area contributed by atoms with Crippen LogP contribution in [0, 0.1) is 13.8 Å². The summed E-state index contributed by atoms with van der Waals surface area (Å²) in [6, 6.07) is 7.01. The Hall–Kier alpha value is -2.99. The molecule has 1 amide bonds. The summed E-state index contributed by atoms with van der Waals surface area (Å²) in [5.74, 6) is -0.0426. The van der Waals surface area contributed by atoms with Crippen molar-refractivity contribution in [2.75, 3.05) is 26.2 Å². The fourth-order valence-corrected chi connectivity index (χ4v) is 4.40. The zero-order chi connectivity index (χ0) is 22.1. The molecule has 31 heavy (non-hydrogen) atoms. The van der Waals surface area contributed by atoms with Crippen molar-refractivity contribution in [2.24, 2.45) is 0 Å². The van der Waals surface area contributed by atoms with E-state index in [4.69, 9.17) is 4.42 Å². The first-order valence-electron chi connectivity index (χ1n) is 11.0. The summed E-state index contributed by atoms with van der Waals surface area (Å²) in [7, 11) is 0. The SMILES string of the molecule is CCN(CC)CCCN1C(=O)c2oc3cc(C)c(C)cc3c(=O)c2C1c1ccncc1. The van der Waals surface area contributed by atoms with Crippen molar-refractivity contribution in [3.05, 3.63) is 74.9 Å². The van der Waals surface area contributed by atoms with Gasteiger partial charge in [0.15, 0.2) is 5.43 Å². The Bertz CT molecular complexity index is 1170. The summed E-state index contributed by atoms with van der Waals surface area (Å²) in [5, 5.41) is 0.527. The molecule has 0 fully saturated rings. The average molecular weight is 420 g/mol. The van der Waals surface area contributed by atoms with Gasteiger partial charge in [-0.25, -0.2) is 0 Å². The van der Waals surface area contributed by atoms with Crippen LogP contribution in [-0.4, -0.2) is 46.9 Å². The number of hydrogen-bond acceptors (Lipinski definition) is 5. The molecule has 6 heteroatoms. The third-order valence-corrected chi connectivity index (χ3v) is 6.37. The smallest absolute Gasteiger partial charge is 0.290 e. The Labute approximate surface area is 182 Å². The highest BCUT2D eigenvalue weighted by molar-refractivity contribution is 5.99. The predicted molar refractivity (Wildman–Crippen MR) is 121 cm³/mol. The van der Waals surface area contributed by atoms with Crippen molar-refractivity contribution in [3.63, 3.8) is 0 Å². The number of aryl methyl sites for hydroxylation is 2. The molecule has 1 aliphatic heterocycles.